The number of benzene rings is 1. The molecule has 1 aromatic rings. The van der Waals surface area contributed by atoms with E-state index in [1.165, 1.54) is 0 Å². The summed E-state index contributed by atoms with van der Waals surface area (Å²) < 4.78 is 10.9. The molecule has 1 atom stereocenters. The predicted molar refractivity (Wildman–Crippen MR) is 78.9 cm³/mol. The molecule has 0 aliphatic carbocycles. The molecule has 112 valence electrons. The van der Waals surface area contributed by atoms with Gasteiger partial charge in [-0.1, -0.05) is 26.8 Å². The maximum atomic E-state index is 11.3. The molecule has 0 saturated heterocycles. The van der Waals surface area contributed by atoms with E-state index in [4.69, 9.17) is 15.2 Å². The Labute approximate surface area is 120 Å². The summed E-state index contributed by atoms with van der Waals surface area (Å²) in [6.07, 6.45) is -0.0937. The molecule has 0 heterocycles. The first-order chi connectivity index (χ1) is 9.47. The maximum absolute atomic E-state index is 11.3. The van der Waals surface area contributed by atoms with Crippen molar-refractivity contribution in [3.05, 3.63) is 23.8 Å². The number of methoxy groups -OCH3 is 1. The van der Waals surface area contributed by atoms with E-state index >= 15 is 0 Å². The number of amides is 1. The van der Waals surface area contributed by atoms with Gasteiger partial charge in [0.25, 0.3) is 5.91 Å². The van der Waals surface area contributed by atoms with E-state index in [1.54, 1.807) is 13.2 Å². The molecule has 0 bridgehead atoms. The second kappa shape index (κ2) is 7.75. The van der Waals surface area contributed by atoms with Gasteiger partial charge in [0.15, 0.2) is 6.10 Å². The zero-order valence-corrected chi connectivity index (χ0v) is 12.6. The largest absolute Gasteiger partial charge is 0.497 e. The van der Waals surface area contributed by atoms with Gasteiger partial charge in [0.1, 0.15) is 11.5 Å². The molecule has 1 aromatic carbocycles. The molecule has 0 fully saturated rings. The normalized spacial score (nSPS) is 12.2. The lowest BCUT2D eigenvalue weighted by Gasteiger charge is -2.19. The van der Waals surface area contributed by atoms with E-state index in [0.29, 0.717) is 30.5 Å². The highest BCUT2D eigenvalue weighted by atomic mass is 16.5. The minimum absolute atomic E-state index is 0.364. The first-order valence-corrected chi connectivity index (χ1v) is 6.84. The van der Waals surface area contributed by atoms with Crippen LogP contribution in [0.5, 0.6) is 11.5 Å². The van der Waals surface area contributed by atoms with E-state index in [0.717, 1.165) is 5.56 Å². The summed E-state index contributed by atoms with van der Waals surface area (Å²) in [7, 11) is 1.59. The van der Waals surface area contributed by atoms with E-state index in [2.05, 4.69) is 19.2 Å². The van der Waals surface area contributed by atoms with Gasteiger partial charge in [-0.2, -0.15) is 0 Å². The minimum atomic E-state index is -0.625. The zero-order chi connectivity index (χ0) is 15.1. The Morgan fingerprint density at radius 2 is 2.10 bits per heavy atom. The van der Waals surface area contributed by atoms with Crippen molar-refractivity contribution in [2.24, 2.45) is 5.73 Å². The van der Waals surface area contributed by atoms with Crippen molar-refractivity contribution in [1.82, 2.24) is 5.32 Å². The summed E-state index contributed by atoms with van der Waals surface area (Å²) in [6, 6.07) is 5.94. The first-order valence-electron chi connectivity index (χ1n) is 6.84. The van der Waals surface area contributed by atoms with E-state index < -0.39 is 12.0 Å². The van der Waals surface area contributed by atoms with Crippen molar-refractivity contribution in [2.45, 2.75) is 45.9 Å². The zero-order valence-electron chi connectivity index (χ0n) is 12.6. The highest BCUT2D eigenvalue weighted by Crippen LogP contribution is 2.26. The number of nitrogens with two attached hydrogens (primary N) is 1. The number of hydrogen-bond acceptors (Lipinski definition) is 4. The second-order valence-electron chi connectivity index (χ2n) is 4.93. The van der Waals surface area contributed by atoms with Gasteiger partial charge < -0.3 is 20.5 Å². The third-order valence-corrected chi connectivity index (χ3v) is 2.93. The smallest absolute Gasteiger partial charge is 0.258 e. The fraction of sp³-hybridized carbons (Fsp3) is 0.533. The highest BCUT2D eigenvalue weighted by molar-refractivity contribution is 5.79. The Balaban J connectivity index is 2.96. The van der Waals surface area contributed by atoms with Crippen LogP contribution in [-0.4, -0.2) is 25.2 Å². The number of ether oxygens (including phenoxy) is 2. The molecule has 5 heteroatoms. The Morgan fingerprint density at radius 3 is 2.60 bits per heavy atom. The molecule has 1 unspecified atom stereocenters. The lowest BCUT2D eigenvalue weighted by Crippen LogP contribution is -2.33. The van der Waals surface area contributed by atoms with Gasteiger partial charge in [-0.3, -0.25) is 4.79 Å². The quantitative estimate of drug-likeness (QED) is 0.762. The summed E-state index contributed by atoms with van der Waals surface area (Å²) in [4.78, 5) is 11.3. The van der Waals surface area contributed by atoms with Gasteiger partial charge in [0.05, 0.1) is 7.11 Å². The predicted octanol–water partition coefficient (Wildman–Crippen LogP) is 1.84. The van der Waals surface area contributed by atoms with Crippen LogP contribution < -0.4 is 20.5 Å². The van der Waals surface area contributed by atoms with Gasteiger partial charge in [0, 0.05) is 24.2 Å². The molecule has 1 rings (SSSR count). The van der Waals surface area contributed by atoms with Crippen molar-refractivity contribution in [3.8, 4) is 11.5 Å². The Morgan fingerprint density at radius 1 is 1.40 bits per heavy atom. The number of rotatable bonds is 8. The molecule has 20 heavy (non-hydrogen) atoms. The van der Waals surface area contributed by atoms with Crippen molar-refractivity contribution in [2.75, 3.05) is 7.11 Å². The van der Waals surface area contributed by atoms with Crippen LogP contribution in [0.3, 0.4) is 0 Å². The summed E-state index contributed by atoms with van der Waals surface area (Å²) >= 11 is 0. The minimum Gasteiger partial charge on any atom is -0.497 e. The number of hydrogen-bond donors (Lipinski definition) is 2. The van der Waals surface area contributed by atoms with Crippen LogP contribution in [-0.2, 0) is 11.3 Å². The van der Waals surface area contributed by atoms with Gasteiger partial charge in [-0.15, -0.1) is 0 Å². The summed E-state index contributed by atoms with van der Waals surface area (Å²) in [5.74, 6) is 0.855. The Kier molecular flexibility index (Phi) is 6.31. The van der Waals surface area contributed by atoms with Crippen LogP contribution in [0.15, 0.2) is 18.2 Å². The standard InChI is InChI=1S/C15H24N2O3/c1-5-13(15(16)18)20-14-8-12(19-4)7-6-11(14)9-17-10(2)3/h6-8,10,13,17H,5,9H2,1-4H3,(H2,16,18). The molecule has 1 amide bonds. The van der Waals surface area contributed by atoms with Crippen LogP contribution in [0.4, 0.5) is 0 Å². The number of carbonyl (C=O) groups excluding carboxylic acids is 1. The molecular weight excluding hydrogens is 256 g/mol. The lowest BCUT2D eigenvalue weighted by molar-refractivity contribution is -0.124. The number of carbonyl (C=O) groups is 1. The van der Waals surface area contributed by atoms with E-state index in [1.807, 2.05) is 19.1 Å². The molecule has 0 radical (unpaired) electrons. The molecule has 5 nitrogen and oxygen atoms in total. The van der Waals surface area contributed by atoms with Gasteiger partial charge >= 0.3 is 0 Å². The fourth-order valence-electron chi connectivity index (χ4n) is 1.73. The van der Waals surface area contributed by atoms with Crippen molar-refractivity contribution in [3.63, 3.8) is 0 Å². The fourth-order valence-corrected chi connectivity index (χ4v) is 1.73. The van der Waals surface area contributed by atoms with Crippen molar-refractivity contribution < 1.29 is 14.3 Å². The van der Waals surface area contributed by atoms with Crippen molar-refractivity contribution in [1.29, 1.82) is 0 Å². The number of nitrogens with one attached hydrogen (secondary N) is 1. The topological polar surface area (TPSA) is 73.6 Å². The van der Waals surface area contributed by atoms with Crippen LogP contribution in [0.2, 0.25) is 0 Å². The maximum Gasteiger partial charge on any atom is 0.258 e. The molecule has 0 aliphatic rings. The van der Waals surface area contributed by atoms with Gasteiger partial charge in [0.2, 0.25) is 0 Å². The van der Waals surface area contributed by atoms with Crippen molar-refractivity contribution >= 4 is 5.91 Å². The molecular formula is C15H24N2O3. The monoisotopic (exact) mass is 280 g/mol. The van der Waals surface area contributed by atoms with E-state index in [-0.39, 0.29) is 0 Å². The summed E-state index contributed by atoms with van der Waals surface area (Å²) in [5, 5.41) is 3.32. The number of primary amides is 1. The summed E-state index contributed by atoms with van der Waals surface area (Å²) in [5.41, 5.74) is 6.30. The average molecular weight is 280 g/mol. The first kappa shape index (κ1) is 16.3. The van der Waals surface area contributed by atoms with Gasteiger partial charge in [-0.05, 0) is 12.5 Å². The molecule has 0 saturated carbocycles. The average Bonchev–Trinajstić information content (AvgIpc) is 2.42. The Bertz CT molecular complexity index is 447. The third kappa shape index (κ3) is 4.74. The lowest BCUT2D eigenvalue weighted by atomic mass is 10.1. The van der Waals surface area contributed by atoms with Crippen LogP contribution in [0, 0.1) is 0 Å². The van der Waals surface area contributed by atoms with Crippen LogP contribution in [0.1, 0.15) is 32.8 Å². The highest BCUT2D eigenvalue weighted by Gasteiger charge is 2.17. The van der Waals surface area contributed by atoms with Gasteiger partial charge in [-0.25, -0.2) is 0 Å². The molecule has 0 aliphatic heterocycles. The summed E-state index contributed by atoms with van der Waals surface area (Å²) in [6.45, 7) is 6.67. The SMILES string of the molecule is CCC(Oc1cc(OC)ccc1CNC(C)C)C(N)=O. The third-order valence-electron chi connectivity index (χ3n) is 2.93. The Hall–Kier alpha value is -1.75. The molecule has 3 N–H and O–H groups in total. The van der Waals surface area contributed by atoms with Crippen LogP contribution >= 0.6 is 0 Å². The molecule has 0 aromatic heterocycles. The van der Waals surface area contributed by atoms with E-state index in [9.17, 15) is 4.79 Å². The second-order valence-corrected chi connectivity index (χ2v) is 4.93. The van der Waals surface area contributed by atoms with Crippen LogP contribution in [0.25, 0.3) is 0 Å². The molecule has 0 spiro atoms.